The molecule has 6 heteroatoms. The number of hydrogen-bond acceptors (Lipinski definition) is 0. The van der Waals surface area contributed by atoms with Crippen LogP contribution in [0.5, 0.6) is 0 Å². The Kier molecular flexibility index (Phi) is 6.45. The lowest BCUT2D eigenvalue weighted by atomic mass is 9.70. The largest absolute Gasteiger partial charge is 0.207 e. The lowest BCUT2D eigenvalue weighted by molar-refractivity contribution is 0.626. The molecule has 0 N–H and O–H groups in total. The molecule has 0 aliphatic heterocycles. The van der Waals surface area contributed by atoms with Crippen LogP contribution in [0.15, 0.2) is 152 Å². The molecular weight excluding hydrogens is 640 g/mol. The predicted octanol–water partition coefficient (Wildman–Crippen LogP) is 8.10. The average Bonchev–Trinajstić information content (AvgIpc) is 3.56. The number of halogens is 5. The van der Waals surface area contributed by atoms with Gasteiger partial charge in [0.2, 0.25) is 0 Å². The van der Waals surface area contributed by atoms with Gasteiger partial charge in [0.1, 0.15) is 29.1 Å². The van der Waals surface area contributed by atoms with Crippen molar-refractivity contribution in [1.29, 1.82) is 0 Å². The molecule has 2 aliphatic carbocycles. The smallest absolute Gasteiger partial charge is 0.179 e. The van der Waals surface area contributed by atoms with Gasteiger partial charge < -0.3 is 0 Å². The van der Waals surface area contributed by atoms with E-state index in [0.717, 1.165) is 54.1 Å². The molecule has 0 fully saturated rings. The van der Waals surface area contributed by atoms with Crippen molar-refractivity contribution in [2.24, 2.45) is 0 Å². The van der Waals surface area contributed by atoms with Crippen LogP contribution in [0, 0.1) is 29.1 Å². The minimum absolute atomic E-state index is 0.388. The van der Waals surface area contributed by atoms with Crippen molar-refractivity contribution < 1.29 is 22.0 Å². The zero-order chi connectivity index (χ0) is 33.5. The Balaban J connectivity index is 1.40. The molecule has 0 atom stereocenters. The molecule has 7 aromatic rings. The van der Waals surface area contributed by atoms with Crippen molar-refractivity contribution in [3.8, 4) is 22.3 Å². The van der Waals surface area contributed by atoms with E-state index in [1.807, 2.05) is 12.1 Å². The Morgan fingerprint density at radius 1 is 0.306 bits per heavy atom. The van der Waals surface area contributed by atoms with E-state index in [0.29, 0.717) is 11.1 Å². The molecule has 0 heterocycles. The van der Waals surface area contributed by atoms with Crippen molar-refractivity contribution in [3.05, 3.63) is 203 Å². The van der Waals surface area contributed by atoms with E-state index in [1.54, 1.807) is 48.5 Å². The quantitative estimate of drug-likeness (QED) is 0.101. The first-order valence-electron chi connectivity index (χ1n) is 16.0. The molecule has 0 aromatic heterocycles. The second-order valence-corrected chi connectivity index (χ2v) is 16.5. The summed E-state index contributed by atoms with van der Waals surface area (Å²) in [4.78, 5) is 0. The molecule has 0 amide bonds. The zero-order valence-corrected chi connectivity index (χ0v) is 26.8. The summed E-state index contributed by atoms with van der Waals surface area (Å²) in [5.41, 5.74) is 6.09. The van der Waals surface area contributed by atoms with Crippen molar-refractivity contribution in [2.45, 2.75) is 5.41 Å². The van der Waals surface area contributed by atoms with Gasteiger partial charge in [-0.3, -0.25) is 0 Å². The first-order valence-corrected chi connectivity index (χ1v) is 18.0. The van der Waals surface area contributed by atoms with Crippen LogP contribution in [-0.4, -0.2) is 8.07 Å². The van der Waals surface area contributed by atoms with Gasteiger partial charge in [-0.05, 0) is 126 Å². The van der Waals surface area contributed by atoms with Gasteiger partial charge in [-0.15, -0.1) is 0 Å². The molecule has 2 aliphatic rings. The van der Waals surface area contributed by atoms with Gasteiger partial charge in [0.15, 0.2) is 8.07 Å². The Labute approximate surface area is 280 Å². The highest BCUT2D eigenvalue weighted by Crippen LogP contribution is 2.62. The zero-order valence-electron chi connectivity index (χ0n) is 25.8. The van der Waals surface area contributed by atoms with E-state index in [4.69, 9.17) is 0 Å². The average molecular weight is 665 g/mol. The molecule has 7 aromatic carbocycles. The van der Waals surface area contributed by atoms with Crippen LogP contribution in [0.3, 0.4) is 0 Å². The topological polar surface area (TPSA) is 0 Å². The van der Waals surface area contributed by atoms with E-state index in [-0.39, 0.29) is 17.5 Å². The first kappa shape index (κ1) is 29.5. The molecule has 0 unspecified atom stereocenters. The molecule has 0 bridgehead atoms. The monoisotopic (exact) mass is 664 g/mol. The lowest BCUT2D eigenvalue weighted by Crippen LogP contribution is -2.74. The van der Waals surface area contributed by atoms with E-state index >= 15 is 0 Å². The highest BCUT2D eigenvalue weighted by Gasteiger charge is 2.52. The number of hydrogen-bond donors (Lipinski definition) is 0. The van der Waals surface area contributed by atoms with Crippen LogP contribution in [0.2, 0.25) is 0 Å². The summed E-state index contributed by atoms with van der Waals surface area (Å²) < 4.78 is 73.0. The van der Waals surface area contributed by atoms with Crippen molar-refractivity contribution in [1.82, 2.24) is 0 Å². The second kappa shape index (κ2) is 10.7. The fourth-order valence-corrected chi connectivity index (χ4v) is 13.2. The molecular formula is C43H25F5Si. The predicted molar refractivity (Wildman–Crippen MR) is 186 cm³/mol. The summed E-state index contributed by atoms with van der Waals surface area (Å²) in [7, 11) is -3.34. The summed E-state index contributed by atoms with van der Waals surface area (Å²) in [5.74, 6) is -1.97. The van der Waals surface area contributed by atoms with Crippen LogP contribution >= 0.6 is 0 Å². The van der Waals surface area contributed by atoms with Gasteiger partial charge in [0, 0.05) is 0 Å². The van der Waals surface area contributed by atoms with E-state index < -0.39 is 25.1 Å². The molecule has 0 nitrogen and oxygen atoms in total. The van der Waals surface area contributed by atoms with Gasteiger partial charge in [-0.25, -0.2) is 22.0 Å². The summed E-state index contributed by atoms with van der Waals surface area (Å²) >= 11 is 0. The van der Waals surface area contributed by atoms with Crippen LogP contribution in [-0.2, 0) is 5.41 Å². The summed E-state index contributed by atoms with van der Waals surface area (Å²) in [6.07, 6.45) is 0. The SMILES string of the molecule is Fc1ccc([Si](c2ccc(F)cc2)(c2ccc(F)cc2)c2ccc3c(c2)-c2ccccc2C32c3ccc(F)cc3-c3cc(F)ccc32)cc1. The maximum Gasteiger partial charge on any atom is 0.179 e. The molecule has 9 rings (SSSR count). The van der Waals surface area contributed by atoms with Crippen LogP contribution < -0.4 is 20.7 Å². The van der Waals surface area contributed by atoms with Crippen molar-refractivity contribution in [3.63, 3.8) is 0 Å². The van der Waals surface area contributed by atoms with Gasteiger partial charge in [-0.2, -0.15) is 0 Å². The van der Waals surface area contributed by atoms with E-state index in [9.17, 15) is 22.0 Å². The minimum Gasteiger partial charge on any atom is -0.207 e. The molecule has 1 spiro atoms. The third kappa shape index (κ3) is 4.07. The van der Waals surface area contributed by atoms with Crippen LogP contribution in [0.4, 0.5) is 22.0 Å². The normalized spacial score (nSPS) is 13.6. The Morgan fingerprint density at radius 3 is 1.12 bits per heavy atom. The fourth-order valence-electron chi connectivity index (χ4n) is 8.48. The summed E-state index contributed by atoms with van der Waals surface area (Å²) in [6, 6.07) is 43.0. The van der Waals surface area contributed by atoms with Gasteiger partial charge >= 0.3 is 0 Å². The highest BCUT2D eigenvalue weighted by molar-refractivity contribution is 7.19. The third-order valence-corrected chi connectivity index (χ3v) is 15.1. The minimum atomic E-state index is -3.34. The van der Waals surface area contributed by atoms with E-state index in [1.165, 1.54) is 60.7 Å². The maximum absolute atomic E-state index is 14.8. The van der Waals surface area contributed by atoms with Crippen LogP contribution in [0.1, 0.15) is 22.3 Å². The Morgan fingerprint density at radius 2 is 0.653 bits per heavy atom. The number of benzene rings is 7. The molecule has 0 radical (unpaired) electrons. The van der Waals surface area contributed by atoms with Gasteiger partial charge in [-0.1, -0.05) is 91.0 Å². The first-order chi connectivity index (χ1) is 23.8. The van der Waals surface area contributed by atoms with Gasteiger partial charge in [0.05, 0.1) is 5.41 Å². The van der Waals surface area contributed by atoms with Crippen molar-refractivity contribution >= 4 is 28.8 Å². The van der Waals surface area contributed by atoms with Crippen LogP contribution in [0.25, 0.3) is 22.3 Å². The third-order valence-electron chi connectivity index (χ3n) is 10.4. The number of rotatable bonds is 4. The summed E-state index contributed by atoms with van der Waals surface area (Å²) in [6.45, 7) is 0. The number of fused-ring (bicyclic) bond motifs is 10. The Bertz CT molecular complexity index is 2270. The van der Waals surface area contributed by atoms with Gasteiger partial charge in [0.25, 0.3) is 0 Å². The molecule has 49 heavy (non-hydrogen) atoms. The standard InChI is InChI=1S/C43H25F5Si/c44-26-5-13-31(14-6-26)49(32-15-7-27(45)8-16-32,33-17-9-28(46)10-18-33)34-19-22-42-38(25-34)35-3-1-2-4-39(35)43(42)40-20-11-29(47)23-36(40)37-24-30(48)12-21-41(37)43/h1-25H. The highest BCUT2D eigenvalue weighted by atomic mass is 28.3. The lowest BCUT2D eigenvalue weighted by Gasteiger charge is -2.35. The van der Waals surface area contributed by atoms with Crippen molar-refractivity contribution in [2.75, 3.05) is 0 Å². The summed E-state index contributed by atoms with van der Waals surface area (Å²) in [5, 5.41) is 3.46. The van der Waals surface area contributed by atoms with E-state index in [2.05, 4.69) is 30.3 Å². The fraction of sp³-hybridized carbons (Fsp3) is 0.0233. The molecule has 236 valence electrons. The Hall–Kier alpha value is -5.59. The maximum atomic E-state index is 14.8. The molecule has 0 saturated heterocycles. The molecule has 0 saturated carbocycles. The second-order valence-electron chi connectivity index (χ2n) is 12.7.